The van der Waals surface area contributed by atoms with Gasteiger partial charge in [-0.2, -0.15) is 0 Å². The molecule has 0 bridgehead atoms. The van der Waals surface area contributed by atoms with E-state index in [1.165, 1.54) is 32.1 Å². The molecule has 130 valence electrons. The van der Waals surface area contributed by atoms with Crippen LogP contribution in [-0.4, -0.2) is 63.6 Å². The zero-order valence-corrected chi connectivity index (χ0v) is 13.7. The Balaban J connectivity index is 2.43. The molecule has 1 rings (SSSR count). The van der Waals surface area contributed by atoms with Gasteiger partial charge in [0.2, 0.25) is 5.91 Å². The average molecular weight is 316 g/mol. The number of carbonyl (C=O) groups is 1. The number of unbranched alkanes of at least 4 members (excludes halogenated alkanes) is 6. The Bertz CT molecular complexity index is 327. The molecule has 1 amide bonds. The summed E-state index contributed by atoms with van der Waals surface area (Å²) in [5.41, 5.74) is 5.23. The topological polar surface area (TPSA) is 107 Å². The van der Waals surface area contributed by atoms with Crippen molar-refractivity contribution in [2.24, 2.45) is 5.73 Å². The molecule has 0 spiro atoms. The molecule has 22 heavy (non-hydrogen) atoms. The molecular formula is C16H32N2O4. The monoisotopic (exact) mass is 316 g/mol. The predicted molar refractivity (Wildman–Crippen MR) is 85.2 cm³/mol. The minimum Gasteiger partial charge on any atom is -0.395 e. The van der Waals surface area contributed by atoms with Crippen molar-refractivity contribution in [2.75, 3.05) is 13.2 Å². The van der Waals surface area contributed by atoms with Crippen LogP contribution in [0.3, 0.4) is 0 Å². The zero-order valence-electron chi connectivity index (χ0n) is 13.7. The Labute approximate surface area is 133 Å². The number of amides is 1. The van der Waals surface area contributed by atoms with Gasteiger partial charge in [-0.05, 0) is 13.0 Å². The van der Waals surface area contributed by atoms with Crippen molar-refractivity contribution in [2.45, 2.75) is 82.6 Å². The minimum absolute atomic E-state index is 0.00519. The third kappa shape index (κ3) is 5.50. The number of hydrogen-bond acceptors (Lipinski definition) is 5. The quantitative estimate of drug-likeness (QED) is 0.412. The summed E-state index contributed by atoms with van der Waals surface area (Å²) in [6, 6.07) is -1.01. The molecule has 0 saturated carbocycles. The molecule has 0 aromatic rings. The van der Waals surface area contributed by atoms with Gasteiger partial charge in [-0.3, -0.25) is 9.69 Å². The van der Waals surface area contributed by atoms with Gasteiger partial charge in [0, 0.05) is 12.5 Å². The Hall–Kier alpha value is -0.690. The molecule has 0 radical (unpaired) electrons. The highest BCUT2D eigenvalue weighted by Crippen LogP contribution is 2.27. The highest BCUT2D eigenvalue weighted by atomic mass is 16.3. The second-order valence-electron chi connectivity index (χ2n) is 6.33. The van der Waals surface area contributed by atoms with Crippen molar-refractivity contribution in [3.8, 4) is 0 Å². The molecule has 0 unspecified atom stereocenters. The molecule has 4 atom stereocenters. The molecule has 1 aliphatic heterocycles. The lowest BCUT2D eigenvalue weighted by Crippen LogP contribution is -2.43. The van der Waals surface area contributed by atoms with E-state index in [0.29, 0.717) is 6.54 Å². The van der Waals surface area contributed by atoms with E-state index in [-0.39, 0.29) is 13.0 Å². The third-order valence-corrected chi connectivity index (χ3v) is 4.61. The van der Waals surface area contributed by atoms with Crippen LogP contribution in [0.15, 0.2) is 0 Å². The SMILES string of the molecule is CCCCCCCCCN1[C@H](CC(N)=O)[C@H](O)[C@H](O)[C@H]1CO. The Morgan fingerprint density at radius 2 is 1.55 bits per heavy atom. The van der Waals surface area contributed by atoms with E-state index in [4.69, 9.17) is 5.73 Å². The number of rotatable bonds is 11. The van der Waals surface area contributed by atoms with Gasteiger partial charge in [-0.15, -0.1) is 0 Å². The zero-order chi connectivity index (χ0) is 16.5. The molecule has 1 fully saturated rings. The second kappa shape index (κ2) is 10.2. The van der Waals surface area contributed by atoms with Crippen LogP contribution in [0.25, 0.3) is 0 Å². The number of aliphatic hydroxyl groups excluding tert-OH is 3. The summed E-state index contributed by atoms with van der Waals surface area (Å²) in [5.74, 6) is -0.501. The van der Waals surface area contributed by atoms with E-state index in [1.54, 1.807) is 0 Å². The average Bonchev–Trinajstić information content (AvgIpc) is 2.70. The van der Waals surface area contributed by atoms with Crippen molar-refractivity contribution >= 4 is 5.91 Å². The van der Waals surface area contributed by atoms with Crippen molar-refractivity contribution in [1.29, 1.82) is 0 Å². The lowest BCUT2D eigenvalue weighted by Gasteiger charge is -2.28. The number of primary amides is 1. The number of aliphatic hydroxyl groups is 3. The summed E-state index contributed by atoms with van der Waals surface area (Å²) in [4.78, 5) is 13.0. The van der Waals surface area contributed by atoms with E-state index in [2.05, 4.69) is 6.92 Å². The van der Waals surface area contributed by atoms with Gasteiger partial charge in [-0.25, -0.2) is 0 Å². The van der Waals surface area contributed by atoms with Crippen LogP contribution in [0.5, 0.6) is 0 Å². The van der Waals surface area contributed by atoms with Crippen LogP contribution in [0.2, 0.25) is 0 Å². The summed E-state index contributed by atoms with van der Waals surface area (Å²) in [7, 11) is 0. The Morgan fingerprint density at radius 1 is 1.00 bits per heavy atom. The molecule has 1 saturated heterocycles. The molecule has 0 aromatic carbocycles. The standard InChI is InChI=1S/C16H32N2O4/c1-2-3-4-5-6-7-8-9-18-12(10-14(17)20)15(21)16(22)13(18)11-19/h12-13,15-16,19,21-22H,2-11H2,1H3,(H2,17,20)/t12-,13-,15+,16-/m1/s1. The predicted octanol–water partition coefficient (Wildman–Crippen LogP) is 0.379. The number of carbonyl (C=O) groups excluding carboxylic acids is 1. The maximum Gasteiger partial charge on any atom is 0.219 e. The number of likely N-dealkylation sites (tertiary alicyclic amines) is 1. The lowest BCUT2D eigenvalue weighted by atomic mass is 10.1. The van der Waals surface area contributed by atoms with E-state index >= 15 is 0 Å². The molecule has 5 N–H and O–H groups in total. The fourth-order valence-electron chi connectivity index (χ4n) is 3.33. The first-order valence-electron chi connectivity index (χ1n) is 8.54. The van der Waals surface area contributed by atoms with Gasteiger partial charge in [0.05, 0.1) is 24.9 Å². The Kier molecular flexibility index (Phi) is 8.93. The van der Waals surface area contributed by atoms with E-state index in [1.807, 2.05) is 4.90 Å². The maximum absolute atomic E-state index is 11.2. The van der Waals surface area contributed by atoms with Gasteiger partial charge in [0.25, 0.3) is 0 Å². The summed E-state index contributed by atoms with van der Waals surface area (Å²) in [6.45, 7) is 2.62. The van der Waals surface area contributed by atoms with Gasteiger partial charge in [0.1, 0.15) is 0 Å². The number of nitrogens with zero attached hydrogens (tertiary/aromatic N) is 1. The van der Waals surface area contributed by atoms with E-state index in [9.17, 15) is 20.1 Å². The molecule has 1 heterocycles. The van der Waals surface area contributed by atoms with Gasteiger partial charge < -0.3 is 21.1 Å². The van der Waals surface area contributed by atoms with Crippen LogP contribution < -0.4 is 5.73 Å². The molecule has 0 aromatic heterocycles. The molecular weight excluding hydrogens is 284 g/mol. The number of hydrogen-bond donors (Lipinski definition) is 4. The second-order valence-corrected chi connectivity index (χ2v) is 6.33. The first-order valence-corrected chi connectivity index (χ1v) is 8.54. The van der Waals surface area contributed by atoms with Crippen LogP contribution in [0.4, 0.5) is 0 Å². The van der Waals surface area contributed by atoms with Crippen LogP contribution in [0.1, 0.15) is 58.3 Å². The maximum atomic E-state index is 11.2. The normalized spacial score (nSPS) is 29.1. The lowest BCUT2D eigenvalue weighted by molar-refractivity contribution is -0.120. The van der Waals surface area contributed by atoms with Gasteiger partial charge in [0.15, 0.2) is 0 Å². The van der Waals surface area contributed by atoms with Crippen molar-refractivity contribution < 1.29 is 20.1 Å². The van der Waals surface area contributed by atoms with E-state index < -0.39 is 30.2 Å². The first kappa shape index (κ1) is 19.4. The largest absolute Gasteiger partial charge is 0.395 e. The molecule has 6 heteroatoms. The van der Waals surface area contributed by atoms with Gasteiger partial charge in [-0.1, -0.05) is 45.4 Å². The summed E-state index contributed by atoms with van der Waals surface area (Å²) < 4.78 is 0. The van der Waals surface area contributed by atoms with Gasteiger partial charge >= 0.3 is 0 Å². The highest BCUT2D eigenvalue weighted by Gasteiger charge is 2.47. The first-order chi connectivity index (χ1) is 10.5. The van der Waals surface area contributed by atoms with Crippen LogP contribution in [-0.2, 0) is 4.79 Å². The third-order valence-electron chi connectivity index (χ3n) is 4.61. The fraction of sp³-hybridized carbons (Fsp3) is 0.938. The number of nitrogens with two attached hydrogens (primary N) is 1. The minimum atomic E-state index is -1.03. The Morgan fingerprint density at radius 3 is 2.09 bits per heavy atom. The van der Waals surface area contributed by atoms with Crippen molar-refractivity contribution in [3.63, 3.8) is 0 Å². The van der Waals surface area contributed by atoms with Crippen molar-refractivity contribution in [3.05, 3.63) is 0 Å². The summed E-state index contributed by atoms with van der Waals surface area (Å²) in [5, 5.41) is 29.5. The molecule has 0 aliphatic carbocycles. The highest BCUT2D eigenvalue weighted by molar-refractivity contribution is 5.74. The van der Waals surface area contributed by atoms with Crippen LogP contribution in [0, 0.1) is 0 Å². The smallest absolute Gasteiger partial charge is 0.219 e. The summed E-state index contributed by atoms with van der Waals surface area (Å²) >= 11 is 0. The van der Waals surface area contributed by atoms with E-state index in [0.717, 1.165) is 12.8 Å². The molecule has 6 nitrogen and oxygen atoms in total. The van der Waals surface area contributed by atoms with Crippen LogP contribution >= 0.6 is 0 Å². The molecule has 1 aliphatic rings. The summed E-state index contributed by atoms with van der Waals surface area (Å²) in [6.07, 6.45) is 6.12. The fourth-order valence-corrected chi connectivity index (χ4v) is 3.33. The van der Waals surface area contributed by atoms with Crippen molar-refractivity contribution in [1.82, 2.24) is 4.90 Å².